The van der Waals surface area contributed by atoms with Crippen molar-refractivity contribution in [3.8, 4) is 0 Å². The lowest BCUT2D eigenvalue weighted by Crippen LogP contribution is -2.54. The van der Waals surface area contributed by atoms with Gasteiger partial charge in [-0.2, -0.15) is 0 Å². The van der Waals surface area contributed by atoms with Crippen molar-refractivity contribution in [1.29, 1.82) is 0 Å². The molecule has 5 nitrogen and oxygen atoms in total. The number of aromatic amines is 1. The van der Waals surface area contributed by atoms with Crippen molar-refractivity contribution in [3.05, 3.63) is 58.2 Å². The summed E-state index contributed by atoms with van der Waals surface area (Å²) in [5.41, 5.74) is 1.53. The maximum absolute atomic E-state index is 14.7. The molecule has 3 heterocycles. The summed E-state index contributed by atoms with van der Waals surface area (Å²) in [5, 5.41) is 12.2. The van der Waals surface area contributed by atoms with Crippen LogP contribution in [0.15, 0.2) is 41.9 Å². The molecule has 168 valence electrons. The molecule has 2 aromatic heterocycles. The first-order valence-electron chi connectivity index (χ1n) is 11.4. The molecule has 3 aromatic rings. The quantitative estimate of drug-likeness (QED) is 0.543. The zero-order valence-electron chi connectivity index (χ0n) is 17.8. The van der Waals surface area contributed by atoms with E-state index in [1.807, 2.05) is 34.7 Å². The Hall–Kier alpha value is -2.67. The lowest BCUT2D eigenvalue weighted by atomic mass is 9.71. The highest BCUT2D eigenvalue weighted by Gasteiger charge is 2.44. The molecule has 1 aliphatic heterocycles. The zero-order valence-corrected chi connectivity index (χ0v) is 18.6. The van der Waals surface area contributed by atoms with Crippen LogP contribution in [0.2, 0.25) is 0 Å². The number of hydrogen-bond acceptors (Lipinski definition) is 3. The number of hydrogen-bond donors (Lipinski definition) is 2. The van der Waals surface area contributed by atoms with E-state index in [1.54, 1.807) is 17.4 Å². The lowest BCUT2D eigenvalue weighted by Gasteiger charge is -2.47. The van der Waals surface area contributed by atoms with Crippen molar-refractivity contribution >= 4 is 34.1 Å². The number of benzene rings is 1. The van der Waals surface area contributed by atoms with Gasteiger partial charge in [0, 0.05) is 46.9 Å². The van der Waals surface area contributed by atoms with E-state index in [4.69, 9.17) is 0 Å². The third-order valence-corrected chi connectivity index (χ3v) is 8.33. The van der Waals surface area contributed by atoms with Gasteiger partial charge in [0.2, 0.25) is 5.91 Å². The number of piperidine rings is 1. The number of amides is 1. The van der Waals surface area contributed by atoms with Gasteiger partial charge in [-0.25, -0.2) is 4.39 Å². The fourth-order valence-corrected chi connectivity index (χ4v) is 6.70. The molecule has 7 heteroatoms. The minimum Gasteiger partial charge on any atom is -0.481 e. The van der Waals surface area contributed by atoms with Gasteiger partial charge in [-0.15, -0.1) is 11.3 Å². The predicted molar refractivity (Wildman–Crippen MR) is 122 cm³/mol. The number of carboxylic acid groups (broad SMARTS) is 1. The van der Waals surface area contributed by atoms with Gasteiger partial charge >= 0.3 is 5.97 Å². The molecule has 1 saturated heterocycles. The van der Waals surface area contributed by atoms with Crippen LogP contribution in [0.5, 0.6) is 0 Å². The summed E-state index contributed by atoms with van der Waals surface area (Å²) in [7, 11) is 0. The van der Waals surface area contributed by atoms with E-state index in [0.29, 0.717) is 18.4 Å². The van der Waals surface area contributed by atoms with Crippen LogP contribution in [0, 0.1) is 17.7 Å². The topological polar surface area (TPSA) is 73.4 Å². The van der Waals surface area contributed by atoms with Crippen molar-refractivity contribution in [3.63, 3.8) is 0 Å². The van der Waals surface area contributed by atoms with E-state index in [-0.39, 0.29) is 41.9 Å². The minimum absolute atomic E-state index is 0.00482. The highest BCUT2D eigenvalue weighted by Crippen LogP contribution is 2.42. The average Bonchev–Trinajstić information content (AvgIpc) is 3.47. The van der Waals surface area contributed by atoms with Gasteiger partial charge in [-0.3, -0.25) is 9.59 Å². The monoisotopic (exact) mass is 454 g/mol. The molecule has 2 N–H and O–H groups in total. The molecule has 1 saturated carbocycles. The number of likely N-dealkylation sites (tertiary alicyclic amines) is 1. The third kappa shape index (κ3) is 3.72. The van der Waals surface area contributed by atoms with Crippen molar-refractivity contribution in [2.24, 2.45) is 11.8 Å². The molecular formula is C25H27FN2O3S. The van der Waals surface area contributed by atoms with Crippen LogP contribution >= 0.6 is 11.3 Å². The second-order valence-corrected chi connectivity index (χ2v) is 9.99. The van der Waals surface area contributed by atoms with Gasteiger partial charge in [-0.05, 0) is 54.3 Å². The number of carbonyl (C=O) groups excluding carboxylic acids is 1. The van der Waals surface area contributed by atoms with E-state index in [9.17, 15) is 19.1 Å². The first-order valence-corrected chi connectivity index (χ1v) is 12.2. The summed E-state index contributed by atoms with van der Waals surface area (Å²) in [4.78, 5) is 31.6. The molecule has 1 aromatic carbocycles. The van der Waals surface area contributed by atoms with Gasteiger partial charge in [0.05, 0.1) is 5.92 Å². The minimum atomic E-state index is -0.736. The van der Waals surface area contributed by atoms with Crippen molar-refractivity contribution in [2.45, 2.75) is 50.5 Å². The number of aromatic nitrogens is 1. The SMILES string of the molecule is O=C(O)C1CCN(C(=O)CC(c2cccs2)c2c[nH]c3cccc(F)c23)C2CCCCC12. The lowest BCUT2D eigenvalue weighted by molar-refractivity contribution is -0.153. The van der Waals surface area contributed by atoms with Crippen LogP contribution in [-0.2, 0) is 9.59 Å². The highest BCUT2D eigenvalue weighted by molar-refractivity contribution is 7.10. The Balaban J connectivity index is 1.46. The molecule has 1 aliphatic carbocycles. The number of H-pyrrole nitrogens is 1. The third-order valence-electron chi connectivity index (χ3n) is 7.34. The maximum atomic E-state index is 14.7. The fraction of sp³-hybridized carbons (Fsp3) is 0.440. The molecule has 32 heavy (non-hydrogen) atoms. The Kier molecular flexibility index (Phi) is 5.76. The molecule has 1 amide bonds. The van der Waals surface area contributed by atoms with E-state index >= 15 is 0 Å². The van der Waals surface area contributed by atoms with Crippen LogP contribution in [0.3, 0.4) is 0 Å². The van der Waals surface area contributed by atoms with Crippen molar-refractivity contribution in [1.82, 2.24) is 9.88 Å². The van der Waals surface area contributed by atoms with Gasteiger partial charge in [0.1, 0.15) is 5.82 Å². The number of carbonyl (C=O) groups is 2. The Morgan fingerprint density at radius 1 is 1.19 bits per heavy atom. The molecular weight excluding hydrogens is 427 g/mol. The van der Waals surface area contributed by atoms with Gasteiger partial charge in [0.25, 0.3) is 0 Å². The van der Waals surface area contributed by atoms with Crippen LogP contribution in [0.1, 0.15) is 54.9 Å². The van der Waals surface area contributed by atoms with Crippen molar-refractivity contribution in [2.75, 3.05) is 6.54 Å². The number of nitrogens with zero attached hydrogens (tertiary/aromatic N) is 1. The summed E-state index contributed by atoms with van der Waals surface area (Å²) in [6.45, 7) is 0.483. The number of nitrogens with one attached hydrogen (secondary N) is 1. The zero-order chi connectivity index (χ0) is 22.2. The number of halogens is 1. The molecule has 4 atom stereocenters. The Morgan fingerprint density at radius 3 is 2.81 bits per heavy atom. The number of carboxylic acids is 1. The van der Waals surface area contributed by atoms with Crippen LogP contribution < -0.4 is 0 Å². The van der Waals surface area contributed by atoms with Crippen LogP contribution in [-0.4, -0.2) is 39.5 Å². The first-order chi connectivity index (χ1) is 15.5. The molecule has 5 rings (SSSR count). The number of fused-ring (bicyclic) bond motifs is 2. The molecule has 0 radical (unpaired) electrons. The summed E-state index contributed by atoms with van der Waals surface area (Å²) < 4.78 is 14.7. The average molecular weight is 455 g/mol. The van der Waals surface area contributed by atoms with Gasteiger partial charge in [0.15, 0.2) is 0 Å². The van der Waals surface area contributed by atoms with Gasteiger partial charge in [-0.1, -0.05) is 25.0 Å². The summed E-state index contributed by atoms with van der Waals surface area (Å²) in [6.07, 6.45) is 6.37. The van der Waals surface area contributed by atoms with Crippen LogP contribution in [0.4, 0.5) is 4.39 Å². The number of thiophene rings is 1. The van der Waals surface area contributed by atoms with E-state index in [2.05, 4.69) is 4.98 Å². The summed E-state index contributed by atoms with van der Waals surface area (Å²) in [5.74, 6) is -1.56. The molecule has 2 fully saturated rings. The number of aliphatic carboxylic acids is 1. The predicted octanol–water partition coefficient (Wildman–Crippen LogP) is 5.38. The smallest absolute Gasteiger partial charge is 0.306 e. The number of rotatable bonds is 5. The van der Waals surface area contributed by atoms with E-state index in [0.717, 1.165) is 41.6 Å². The molecule has 0 spiro atoms. The Labute approximate surface area is 190 Å². The van der Waals surface area contributed by atoms with Crippen LogP contribution in [0.25, 0.3) is 10.9 Å². The van der Waals surface area contributed by atoms with E-state index in [1.165, 1.54) is 6.07 Å². The second kappa shape index (κ2) is 8.70. The standard InChI is InChI=1S/C25H27FN2O3S/c26-19-6-3-7-20-24(19)18(14-27-20)17(22-9-4-12-32-22)13-23(29)28-11-10-16(25(30)31)15-5-1-2-8-21(15)28/h3-4,6-7,9,12,14-17,21,27H,1-2,5,8,10-11,13H2,(H,30,31). The summed E-state index contributed by atoms with van der Waals surface area (Å²) >= 11 is 1.57. The maximum Gasteiger partial charge on any atom is 0.306 e. The Bertz CT molecular complexity index is 1130. The molecule has 0 bridgehead atoms. The molecule has 2 aliphatic rings. The summed E-state index contributed by atoms with van der Waals surface area (Å²) in [6, 6.07) is 8.93. The van der Waals surface area contributed by atoms with E-state index < -0.39 is 5.97 Å². The molecule has 4 unspecified atom stereocenters. The fourth-order valence-electron chi connectivity index (χ4n) is 5.86. The highest BCUT2D eigenvalue weighted by atomic mass is 32.1. The first kappa shape index (κ1) is 21.2. The second-order valence-electron chi connectivity index (χ2n) is 9.01. The van der Waals surface area contributed by atoms with Gasteiger partial charge < -0.3 is 15.0 Å². The normalized spacial score (nSPS) is 24.3. The largest absolute Gasteiger partial charge is 0.481 e. The Morgan fingerprint density at radius 2 is 2.03 bits per heavy atom. The van der Waals surface area contributed by atoms with Crippen molar-refractivity contribution < 1.29 is 19.1 Å².